The first-order valence-electron chi connectivity index (χ1n) is 6.64. The van der Waals surface area contributed by atoms with Crippen molar-refractivity contribution in [1.82, 2.24) is 4.90 Å². The zero-order valence-electron chi connectivity index (χ0n) is 11.0. The van der Waals surface area contributed by atoms with Crippen LogP contribution in [0.2, 0.25) is 0 Å². The lowest BCUT2D eigenvalue weighted by Gasteiger charge is -2.38. The lowest BCUT2D eigenvalue weighted by molar-refractivity contribution is -0.134. The van der Waals surface area contributed by atoms with Gasteiger partial charge in [0.1, 0.15) is 12.0 Å². The highest BCUT2D eigenvalue weighted by Crippen LogP contribution is 2.43. The van der Waals surface area contributed by atoms with Gasteiger partial charge in [-0.3, -0.25) is 4.79 Å². The summed E-state index contributed by atoms with van der Waals surface area (Å²) >= 11 is 0. The highest BCUT2D eigenvalue weighted by molar-refractivity contribution is 5.94. The average molecular weight is 270 g/mol. The minimum absolute atomic E-state index is 0.0939. The molecule has 1 saturated heterocycles. The number of likely N-dealkylation sites (tertiary alicyclic amines) is 1. The van der Waals surface area contributed by atoms with E-state index in [-0.39, 0.29) is 18.3 Å². The van der Waals surface area contributed by atoms with Gasteiger partial charge in [-0.1, -0.05) is 18.2 Å². The van der Waals surface area contributed by atoms with Gasteiger partial charge in [0.15, 0.2) is 0 Å². The van der Waals surface area contributed by atoms with Gasteiger partial charge in [-0.25, -0.2) is 4.79 Å². The molecule has 102 valence electrons. The fourth-order valence-electron chi connectivity index (χ4n) is 3.01. The molecule has 5 nitrogen and oxygen atoms in total. The monoisotopic (exact) mass is 270 g/mol. The number of carbonyl (C=O) groups excluding carboxylic acids is 2. The fourth-order valence-corrected chi connectivity index (χ4v) is 3.01. The normalized spacial score (nSPS) is 19.4. The highest BCUT2D eigenvalue weighted by atomic mass is 16.6. The van der Waals surface area contributed by atoms with E-state index < -0.39 is 5.60 Å². The van der Waals surface area contributed by atoms with Crippen LogP contribution in [0, 0.1) is 11.3 Å². The Hall–Kier alpha value is -2.35. The van der Waals surface area contributed by atoms with Gasteiger partial charge < -0.3 is 9.64 Å². The molecule has 0 saturated carbocycles. The number of piperidine rings is 1. The van der Waals surface area contributed by atoms with Crippen molar-refractivity contribution in [2.45, 2.75) is 24.9 Å². The molecule has 2 aliphatic heterocycles. The van der Waals surface area contributed by atoms with E-state index in [4.69, 9.17) is 10.00 Å². The second-order valence-electron chi connectivity index (χ2n) is 5.15. The van der Waals surface area contributed by atoms with Gasteiger partial charge in [-0.2, -0.15) is 5.26 Å². The number of hydrogen-bond donors (Lipinski definition) is 0. The van der Waals surface area contributed by atoms with E-state index >= 15 is 0 Å². The van der Waals surface area contributed by atoms with E-state index in [9.17, 15) is 9.59 Å². The molecule has 0 radical (unpaired) electrons. The minimum atomic E-state index is -0.586. The first-order valence-corrected chi connectivity index (χ1v) is 6.64. The Kier molecular flexibility index (Phi) is 2.94. The van der Waals surface area contributed by atoms with E-state index in [2.05, 4.69) is 0 Å². The van der Waals surface area contributed by atoms with Crippen LogP contribution >= 0.6 is 0 Å². The number of ether oxygens (including phenoxy) is 1. The molecule has 1 amide bonds. The van der Waals surface area contributed by atoms with Crippen LogP contribution in [0.25, 0.3) is 0 Å². The molecule has 1 fully saturated rings. The van der Waals surface area contributed by atoms with Crippen molar-refractivity contribution in [3.63, 3.8) is 0 Å². The zero-order valence-corrected chi connectivity index (χ0v) is 11.0. The number of fused-ring (bicyclic) bond motifs is 2. The van der Waals surface area contributed by atoms with Crippen LogP contribution in [0.4, 0.5) is 0 Å². The van der Waals surface area contributed by atoms with Crippen LogP contribution in [0.5, 0.6) is 0 Å². The number of hydrogen-bond acceptors (Lipinski definition) is 4. The molecule has 5 heteroatoms. The smallest absolute Gasteiger partial charge is 0.339 e. The minimum Gasteiger partial charge on any atom is -0.450 e. The molecule has 0 bridgehead atoms. The predicted octanol–water partition coefficient (Wildman–Crippen LogP) is 1.59. The first-order chi connectivity index (χ1) is 9.66. The van der Waals surface area contributed by atoms with Gasteiger partial charge in [0.25, 0.3) is 0 Å². The molecule has 20 heavy (non-hydrogen) atoms. The van der Waals surface area contributed by atoms with Crippen molar-refractivity contribution in [3.05, 3.63) is 35.4 Å². The Morgan fingerprint density at radius 2 is 2.05 bits per heavy atom. The van der Waals surface area contributed by atoms with Crippen molar-refractivity contribution in [1.29, 1.82) is 5.26 Å². The van der Waals surface area contributed by atoms with Crippen molar-refractivity contribution in [3.8, 4) is 6.07 Å². The third kappa shape index (κ3) is 1.85. The topological polar surface area (TPSA) is 70.4 Å². The summed E-state index contributed by atoms with van der Waals surface area (Å²) in [7, 11) is 0. The number of amides is 1. The van der Waals surface area contributed by atoms with Crippen LogP contribution in [-0.2, 0) is 15.1 Å². The summed E-state index contributed by atoms with van der Waals surface area (Å²) < 4.78 is 5.61. The Balaban J connectivity index is 1.80. The van der Waals surface area contributed by atoms with E-state index in [0.717, 1.165) is 5.56 Å². The Bertz CT molecular complexity index is 610. The van der Waals surface area contributed by atoms with Gasteiger partial charge in [0.2, 0.25) is 5.91 Å². The predicted molar refractivity (Wildman–Crippen MR) is 69.6 cm³/mol. The van der Waals surface area contributed by atoms with Gasteiger partial charge in [0, 0.05) is 31.5 Å². The van der Waals surface area contributed by atoms with E-state index in [1.54, 1.807) is 11.0 Å². The summed E-state index contributed by atoms with van der Waals surface area (Å²) in [5.41, 5.74) is 0.971. The second kappa shape index (κ2) is 4.64. The molecule has 1 aromatic rings. The molecule has 3 rings (SSSR count). The van der Waals surface area contributed by atoms with Crippen LogP contribution in [0.15, 0.2) is 24.3 Å². The Morgan fingerprint density at radius 1 is 1.35 bits per heavy atom. The summed E-state index contributed by atoms with van der Waals surface area (Å²) in [6.45, 7) is 1.03. The van der Waals surface area contributed by atoms with Crippen LogP contribution in [-0.4, -0.2) is 29.9 Å². The van der Waals surface area contributed by atoms with Gasteiger partial charge in [0.05, 0.1) is 11.6 Å². The summed E-state index contributed by atoms with van der Waals surface area (Å²) in [4.78, 5) is 25.3. The highest BCUT2D eigenvalue weighted by Gasteiger charge is 2.47. The summed E-state index contributed by atoms with van der Waals surface area (Å²) in [6, 6.07) is 9.30. The van der Waals surface area contributed by atoms with Gasteiger partial charge in [-0.05, 0) is 6.07 Å². The molecule has 0 aromatic heterocycles. The van der Waals surface area contributed by atoms with Crippen molar-refractivity contribution in [2.24, 2.45) is 0 Å². The number of benzene rings is 1. The molecular weight excluding hydrogens is 256 g/mol. The third-order valence-electron chi connectivity index (χ3n) is 4.08. The molecule has 0 unspecified atom stereocenters. The third-order valence-corrected chi connectivity index (χ3v) is 4.08. The van der Waals surface area contributed by atoms with Crippen molar-refractivity contribution >= 4 is 11.9 Å². The average Bonchev–Trinajstić information content (AvgIpc) is 2.74. The maximum Gasteiger partial charge on any atom is 0.339 e. The molecule has 1 spiro atoms. The van der Waals surface area contributed by atoms with Crippen LogP contribution in [0.1, 0.15) is 35.2 Å². The lowest BCUT2D eigenvalue weighted by atomic mass is 9.84. The summed E-state index contributed by atoms with van der Waals surface area (Å²) in [5, 5.41) is 8.57. The molecule has 0 atom stereocenters. The van der Waals surface area contributed by atoms with E-state index in [1.807, 2.05) is 24.3 Å². The number of nitrogens with zero attached hydrogens (tertiary/aromatic N) is 2. The van der Waals surface area contributed by atoms with Crippen LogP contribution in [0.3, 0.4) is 0 Å². The first kappa shape index (κ1) is 12.7. The second-order valence-corrected chi connectivity index (χ2v) is 5.15. The molecule has 1 aromatic carbocycles. The van der Waals surface area contributed by atoms with Crippen LogP contribution < -0.4 is 0 Å². The Labute approximate surface area is 116 Å². The maximum atomic E-state index is 11.9. The summed E-state index contributed by atoms with van der Waals surface area (Å²) in [5.74, 6) is -0.433. The van der Waals surface area contributed by atoms with Gasteiger partial charge in [-0.15, -0.1) is 0 Å². The zero-order chi connectivity index (χ0) is 14.2. The quantitative estimate of drug-likeness (QED) is 0.726. The fraction of sp³-hybridized carbons (Fsp3) is 0.400. The Morgan fingerprint density at radius 3 is 2.75 bits per heavy atom. The van der Waals surface area contributed by atoms with Crippen molar-refractivity contribution in [2.75, 3.05) is 13.1 Å². The molecule has 2 heterocycles. The SMILES string of the molecule is N#CCC(=O)N1CCC2(CC1)OC(=O)c1ccccc12. The lowest BCUT2D eigenvalue weighted by Crippen LogP contribution is -2.45. The largest absolute Gasteiger partial charge is 0.450 e. The number of rotatable bonds is 1. The number of nitriles is 1. The molecule has 0 aliphatic carbocycles. The molecule has 0 N–H and O–H groups in total. The van der Waals surface area contributed by atoms with Crippen molar-refractivity contribution < 1.29 is 14.3 Å². The maximum absolute atomic E-state index is 11.9. The van der Waals surface area contributed by atoms with Gasteiger partial charge >= 0.3 is 5.97 Å². The molecular formula is C15H14N2O3. The number of carbonyl (C=O) groups is 2. The van der Waals surface area contributed by atoms with E-state index in [0.29, 0.717) is 31.5 Å². The number of esters is 1. The standard InChI is InChI=1S/C15H14N2O3/c16-8-5-13(18)17-9-6-15(7-10-17)12-4-2-1-3-11(12)14(19)20-15/h1-4H,5-7,9-10H2. The molecule has 2 aliphatic rings. The summed E-state index contributed by atoms with van der Waals surface area (Å²) in [6.07, 6.45) is 1.09. The van der Waals surface area contributed by atoms with E-state index in [1.165, 1.54) is 0 Å².